The number of imide groups is 1. The first-order valence-electron chi connectivity index (χ1n) is 7.75. The Hall–Kier alpha value is -2.12. The molecule has 2 saturated heterocycles. The van der Waals surface area contributed by atoms with Crippen LogP contribution in [0.2, 0.25) is 0 Å². The number of halogens is 1. The molecule has 0 unspecified atom stereocenters. The van der Waals surface area contributed by atoms with E-state index < -0.39 is 0 Å². The van der Waals surface area contributed by atoms with E-state index in [-0.39, 0.29) is 49.4 Å². The van der Waals surface area contributed by atoms with E-state index in [2.05, 4.69) is 10.6 Å². The van der Waals surface area contributed by atoms with Gasteiger partial charge in [0, 0.05) is 31.2 Å². The van der Waals surface area contributed by atoms with Gasteiger partial charge in [-0.1, -0.05) is 12.1 Å². The zero-order valence-electron chi connectivity index (χ0n) is 13.4. The first-order chi connectivity index (χ1) is 11.1. The maximum Gasteiger partial charge on any atom is 0.324 e. The van der Waals surface area contributed by atoms with Gasteiger partial charge in [0.25, 0.3) is 5.91 Å². The van der Waals surface area contributed by atoms with Crippen LogP contribution in [-0.2, 0) is 11.3 Å². The Balaban J connectivity index is 0.00000208. The highest BCUT2D eigenvalue weighted by atomic mass is 35.5. The summed E-state index contributed by atoms with van der Waals surface area (Å²) >= 11 is 0. The second kappa shape index (κ2) is 7.63. The molecule has 130 valence electrons. The van der Waals surface area contributed by atoms with E-state index in [0.29, 0.717) is 12.1 Å². The van der Waals surface area contributed by atoms with E-state index in [1.165, 1.54) is 0 Å². The summed E-state index contributed by atoms with van der Waals surface area (Å²) in [5.74, 6) is -0.263. The molecular formula is C16H21ClN4O3. The number of hydrogen-bond acceptors (Lipinski definition) is 4. The topological polar surface area (TPSA) is 81.8 Å². The highest BCUT2D eigenvalue weighted by Crippen LogP contribution is 2.15. The summed E-state index contributed by atoms with van der Waals surface area (Å²) in [4.78, 5) is 38.9. The van der Waals surface area contributed by atoms with Crippen LogP contribution in [0.4, 0.5) is 4.79 Å². The minimum atomic E-state index is -0.387. The van der Waals surface area contributed by atoms with Crippen molar-refractivity contribution in [3.05, 3.63) is 35.4 Å². The van der Waals surface area contributed by atoms with Crippen LogP contribution >= 0.6 is 12.4 Å². The van der Waals surface area contributed by atoms with E-state index in [1.807, 2.05) is 17.9 Å². The second-order valence-corrected chi connectivity index (χ2v) is 5.89. The van der Waals surface area contributed by atoms with Gasteiger partial charge in [0.15, 0.2) is 0 Å². The zero-order chi connectivity index (χ0) is 16.4. The van der Waals surface area contributed by atoms with Crippen molar-refractivity contribution < 1.29 is 14.4 Å². The van der Waals surface area contributed by atoms with Crippen molar-refractivity contribution in [2.45, 2.75) is 19.5 Å². The Morgan fingerprint density at radius 2 is 2.12 bits per heavy atom. The van der Waals surface area contributed by atoms with Crippen LogP contribution < -0.4 is 10.6 Å². The molecule has 1 aromatic carbocycles. The summed E-state index contributed by atoms with van der Waals surface area (Å²) in [5, 5.41) is 5.75. The van der Waals surface area contributed by atoms with Crippen molar-refractivity contribution in [2.75, 3.05) is 26.2 Å². The third-order valence-corrected chi connectivity index (χ3v) is 4.21. The van der Waals surface area contributed by atoms with Gasteiger partial charge in [-0.05, 0) is 24.6 Å². The first kappa shape index (κ1) is 18.2. The fourth-order valence-corrected chi connectivity index (χ4v) is 2.91. The molecule has 0 radical (unpaired) electrons. The van der Waals surface area contributed by atoms with Gasteiger partial charge in [0.1, 0.15) is 0 Å². The fourth-order valence-electron chi connectivity index (χ4n) is 2.91. The largest absolute Gasteiger partial charge is 0.333 e. The molecule has 2 N–H and O–H groups in total. The monoisotopic (exact) mass is 352 g/mol. The van der Waals surface area contributed by atoms with Gasteiger partial charge in [-0.2, -0.15) is 0 Å². The molecule has 3 rings (SSSR count). The molecule has 0 bridgehead atoms. The van der Waals surface area contributed by atoms with Gasteiger partial charge in [-0.25, -0.2) is 4.79 Å². The van der Waals surface area contributed by atoms with Gasteiger partial charge in [-0.3, -0.25) is 14.5 Å². The maximum atomic E-state index is 12.7. The van der Waals surface area contributed by atoms with Gasteiger partial charge in [-0.15, -0.1) is 12.4 Å². The van der Waals surface area contributed by atoms with Crippen molar-refractivity contribution in [1.29, 1.82) is 0 Å². The molecule has 4 amide bonds. The number of nitrogens with one attached hydrogen (secondary N) is 2. The lowest BCUT2D eigenvalue weighted by atomic mass is 10.1. The van der Waals surface area contributed by atoms with Crippen molar-refractivity contribution in [3.63, 3.8) is 0 Å². The number of nitrogens with zero attached hydrogens (tertiary/aromatic N) is 2. The molecule has 0 saturated carbocycles. The molecule has 0 aliphatic carbocycles. The lowest BCUT2D eigenvalue weighted by Crippen LogP contribution is -2.52. The predicted octanol–water partition coefficient (Wildman–Crippen LogP) is 0.594. The molecule has 8 heteroatoms. The number of rotatable bonds is 3. The van der Waals surface area contributed by atoms with Crippen LogP contribution in [0.25, 0.3) is 0 Å². The van der Waals surface area contributed by atoms with E-state index in [4.69, 9.17) is 0 Å². The number of carbonyl (C=O) groups is 3. The van der Waals surface area contributed by atoms with E-state index in [9.17, 15) is 14.4 Å². The fraction of sp³-hybridized carbons (Fsp3) is 0.438. The number of piperazine rings is 1. The molecule has 0 aromatic heterocycles. The van der Waals surface area contributed by atoms with Crippen LogP contribution in [0, 0.1) is 0 Å². The number of amides is 4. The van der Waals surface area contributed by atoms with Gasteiger partial charge in [0.05, 0.1) is 13.1 Å². The quantitative estimate of drug-likeness (QED) is 0.780. The molecule has 2 aliphatic rings. The summed E-state index contributed by atoms with van der Waals surface area (Å²) in [6.45, 7) is 4.49. The number of urea groups is 1. The third kappa shape index (κ3) is 3.68. The molecular weight excluding hydrogens is 332 g/mol. The zero-order valence-corrected chi connectivity index (χ0v) is 14.3. The summed E-state index contributed by atoms with van der Waals surface area (Å²) in [7, 11) is 0. The van der Waals surface area contributed by atoms with E-state index in [1.54, 1.807) is 18.2 Å². The highest BCUT2D eigenvalue weighted by molar-refractivity contribution is 6.02. The van der Waals surface area contributed by atoms with Gasteiger partial charge >= 0.3 is 6.03 Å². The van der Waals surface area contributed by atoms with E-state index in [0.717, 1.165) is 23.6 Å². The summed E-state index contributed by atoms with van der Waals surface area (Å²) in [5.41, 5.74) is 1.35. The Morgan fingerprint density at radius 3 is 2.79 bits per heavy atom. The van der Waals surface area contributed by atoms with Crippen LogP contribution in [0.5, 0.6) is 0 Å². The highest BCUT2D eigenvalue weighted by Gasteiger charge is 2.29. The van der Waals surface area contributed by atoms with Crippen LogP contribution in [0.3, 0.4) is 0 Å². The molecule has 7 nitrogen and oxygen atoms in total. The molecule has 0 spiro atoms. The predicted molar refractivity (Wildman–Crippen MR) is 91.0 cm³/mol. The lowest BCUT2D eigenvalue weighted by Gasteiger charge is -2.34. The maximum absolute atomic E-state index is 12.7. The molecule has 2 aliphatic heterocycles. The van der Waals surface area contributed by atoms with Crippen LogP contribution in [0.15, 0.2) is 24.3 Å². The number of carbonyl (C=O) groups excluding carboxylic acids is 3. The van der Waals surface area contributed by atoms with Crippen molar-refractivity contribution in [2.24, 2.45) is 0 Å². The Bertz CT molecular complexity index is 636. The van der Waals surface area contributed by atoms with Crippen molar-refractivity contribution in [1.82, 2.24) is 20.4 Å². The second-order valence-electron chi connectivity index (χ2n) is 5.89. The van der Waals surface area contributed by atoms with E-state index >= 15 is 0 Å². The summed E-state index contributed by atoms with van der Waals surface area (Å²) < 4.78 is 0. The summed E-state index contributed by atoms with van der Waals surface area (Å²) in [6, 6.07) is 6.89. The Labute approximate surface area is 146 Å². The minimum absolute atomic E-state index is 0. The molecule has 24 heavy (non-hydrogen) atoms. The first-order valence-corrected chi connectivity index (χ1v) is 7.75. The molecule has 1 atom stereocenters. The minimum Gasteiger partial charge on any atom is -0.333 e. The molecule has 1 aromatic rings. The summed E-state index contributed by atoms with van der Waals surface area (Å²) in [6.07, 6.45) is 0. The lowest BCUT2D eigenvalue weighted by molar-refractivity contribution is -0.125. The average molecular weight is 353 g/mol. The van der Waals surface area contributed by atoms with Crippen molar-refractivity contribution in [3.8, 4) is 0 Å². The van der Waals surface area contributed by atoms with Crippen molar-refractivity contribution >= 4 is 30.3 Å². The Kier molecular flexibility index (Phi) is 5.80. The van der Waals surface area contributed by atoms with Gasteiger partial charge < -0.3 is 15.5 Å². The van der Waals surface area contributed by atoms with Crippen LogP contribution in [0.1, 0.15) is 22.8 Å². The normalized spacial score (nSPS) is 20.6. The third-order valence-electron chi connectivity index (χ3n) is 4.21. The SMILES string of the molecule is C[C@H]1CNCCN1C(=O)c1cccc(CN2C(=O)CNC2=O)c1.Cl. The molecule has 2 heterocycles. The number of hydrogen-bond donors (Lipinski definition) is 2. The smallest absolute Gasteiger partial charge is 0.324 e. The standard InChI is InChI=1S/C16H20N4O3.ClH/c1-11-8-17-5-6-19(11)15(22)13-4-2-3-12(7-13)10-20-14(21)9-18-16(20)23;/h2-4,7,11,17H,5-6,8-10H2,1H3,(H,18,23);1H/t11-;/m0./s1. The average Bonchev–Trinajstić information content (AvgIpc) is 2.87. The number of benzene rings is 1. The van der Waals surface area contributed by atoms with Gasteiger partial charge in [0.2, 0.25) is 5.91 Å². The van der Waals surface area contributed by atoms with Crippen LogP contribution in [-0.4, -0.2) is 59.9 Å². The Morgan fingerprint density at radius 1 is 1.33 bits per heavy atom. The molecule has 2 fully saturated rings.